The van der Waals surface area contributed by atoms with Crippen molar-refractivity contribution in [2.75, 3.05) is 0 Å². The van der Waals surface area contributed by atoms with Gasteiger partial charge in [-0.2, -0.15) is 0 Å². The lowest BCUT2D eigenvalue weighted by Crippen LogP contribution is -2.30. The molecule has 0 aliphatic rings. The Hall–Kier alpha value is -1.65. The molecular weight excluding hydrogens is 208 g/mol. The summed E-state index contributed by atoms with van der Waals surface area (Å²) < 4.78 is 1.47. The van der Waals surface area contributed by atoms with Crippen molar-refractivity contribution in [3.63, 3.8) is 0 Å². The molecular formula is C11H16N2O3. The van der Waals surface area contributed by atoms with Gasteiger partial charge in [-0.15, -0.1) is 0 Å². The fourth-order valence-electron chi connectivity index (χ4n) is 1.44. The third kappa shape index (κ3) is 3.49. The first-order valence-corrected chi connectivity index (χ1v) is 5.30. The number of H-pyrrole nitrogens is 1. The van der Waals surface area contributed by atoms with Crippen LogP contribution in [0.25, 0.3) is 0 Å². The van der Waals surface area contributed by atoms with E-state index in [2.05, 4.69) is 4.98 Å². The Bertz CT molecular complexity index is 485. The zero-order valence-electron chi connectivity index (χ0n) is 9.58. The number of nitrogens with zero attached hydrogens (tertiary/aromatic N) is 1. The fraction of sp³-hybridized carbons (Fsp3) is 0.545. The van der Waals surface area contributed by atoms with E-state index < -0.39 is 5.69 Å². The molecule has 0 aromatic carbocycles. The first-order chi connectivity index (χ1) is 7.50. The Morgan fingerprint density at radius 3 is 2.69 bits per heavy atom. The number of carbonyl (C=O) groups is 1. The van der Waals surface area contributed by atoms with E-state index in [0.29, 0.717) is 18.5 Å². The summed E-state index contributed by atoms with van der Waals surface area (Å²) in [5, 5.41) is 0. The normalized spacial score (nSPS) is 10.4. The van der Waals surface area contributed by atoms with Gasteiger partial charge in [-0.25, -0.2) is 4.79 Å². The number of aromatic amines is 1. The van der Waals surface area contributed by atoms with Crippen LogP contribution in [0.3, 0.4) is 0 Å². The number of unbranched alkanes of at least 4 members (excludes halogenated alkanes) is 1. The van der Waals surface area contributed by atoms with Crippen LogP contribution in [0.15, 0.2) is 15.8 Å². The Kier molecular flexibility index (Phi) is 4.22. The van der Waals surface area contributed by atoms with E-state index in [-0.39, 0.29) is 11.3 Å². The molecule has 1 N–H and O–H groups in total. The molecule has 0 aliphatic carbocycles. The highest BCUT2D eigenvalue weighted by atomic mass is 16.2. The van der Waals surface area contributed by atoms with Gasteiger partial charge in [-0.1, -0.05) is 0 Å². The van der Waals surface area contributed by atoms with E-state index in [1.807, 2.05) is 0 Å². The van der Waals surface area contributed by atoms with Gasteiger partial charge < -0.3 is 9.36 Å². The van der Waals surface area contributed by atoms with Gasteiger partial charge in [0.1, 0.15) is 5.78 Å². The van der Waals surface area contributed by atoms with Gasteiger partial charge in [0.05, 0.1) is 0 Å². The number of rotatable bonds is 5. The third-order valence-corrected chi connectivity index (χ3v) is 2.37. The third-order valence-electron chi connectivity index (χ3n) is 2.37. The SMILES string of the molecule is CC(=O)CCCCn1cc(C)c(=O)[nH]c1=O. The molecule has 1 heterocycles. The number of nitrogens with one attached hydrogen (secondary N) is 1. The summed E-state index contributed by atoms with van der Waals surface area (Å²) in [6.45, 7) is 3.74. The van der Waals surface area contributed by atoms with Crippen molar-refractivity contribution in [3.8, 4) is 0 Å². The largest absolute Gasteiger partial charge is 0.328 e. The van der Waals surface area contributed by atoms with Crippen LogP contribution in [0.2, 0.25) is 0 Å². The Balaban J connectivity index is 2.61. The number of aromatic nitrogens is 2. The maximum absolute atomic E-state index is 11.4. The number of aryl methyl sites for hydroxylation is 2. The van der Waals surface area contributed by atoms with Crippen LogP contribution >= 0.6 is 0 Å². The number of Topliss-reactive ketones (excluding diaryl/α,β-unsaturated/α-hetero) is 1. The highest BCUT2D eigenvalue weighted by molar-refractivity contribution is 5.75. The van der Waals surface area contributed by atoms with E-state index in [9.17, 15) is 14.4 Å². The summed E-state index contributed by atoms with van der Waals surface area (Å²) in [6, 6.07) is 0. The van der Waals surface area contributed by atoms with E-state index in [0.717, 1.165) is 12.8 Å². The van der Waals surface area contributed by atoms with Crippen LogP contribution in [-0.2, 0) is 11.3 Å². The summed E-state index contributed by atoms with van der Waals surface area (Å²) in [5.74, 6) is 0.157. The molecule has 0 radical (unpaired) electrons. The minimum absolute atomic E-state index is 0.157. The van der Waals surface area contributed by atoms with Crippen LogP contribution in [0, 0.1) is 6.92 Å². The van der Waals surface area contributed by atoms with Gasteiger partial charge in [0.2, 0.25) is 0 Å². The van der Waals surface area contributed by atoms with Crippen LogP contribution in [0.5, 0.6) is 0 Å². The summed E-state index contributed by atoms with van der Waals surface area (Å²) in [7, 11) is 0. The van der Waals surface area contributed by atoms with Gasteiger partial charge in [0.25, 0.3) is 5.56 Å². The molecule has 0 spiro atoms. The lowest BCUT2D eigenvalue weighted by atomic mass is 10.2. The molecule has 0 atom stereocenters. The van der Waals surface area contributed by atoms with Crippen molar-refractivity contribution < 1.29 is 4.79 Å². The maximum Gasteiger partial charge on any atom is 0.328 e. The van der Waals surface area contributed by atoms with Crippen LogP contribution < -0.4 is 11.2 Å². The smallest absolute Gasteiger partial charge is 0.300 e. The van der Waals surface area contributed by atoms with Crippen molar-refractivity contribution in [1.29, 1.82) is 0 Å². The van der Waals surface area contributed by atoms with Crippen molar-refractivity contribution >= 4 is 5.78 Å². The second-order valence-electron chi connectivity index (χ2n) is 3.92. The van der Waals surface area contributed by atoms with Crippen molar-refractivity contribution in [1.82, 2.24) is 9.55 Å². The van der Waals surface area contributed by atoms with E-state index in [4.69, 9.17) is 0 Å². The molecule has 5 nitrogen and oxygen atoms in total. The molecule has 5 heteroatoms. The molecule has 16 heavy (non-hydrogen) atoms. The van der Waals surface area contributed by atoms with E-state index in [1.54, 1.807) is 20.0 Å². The lowest BCUT2D eigenvalue weighted by molar-refractivity contribution is -0.117. The zero-order valence-corrected chi connectivity index (χ0v) is 9.58. The average Bonchev–Trinajstić information content (AvgIpc) is 2.19. The van der Waals surface area contributed by atoms with Gasteiger partial charge >= 0.3 is 5.69 Å². The number of hydrogen-bond acceptors (Lipinski definition) is 3. The van der Waals surface area contributed by atoms with E-state index >= 15 is 0 Å². The summed E-state index contributed by atoms with van der Waals surface area (Å²) in [6.07, 6.45) is 3.61. The average molecular weight is 224 g/mol. The topological polar surface area (TPSA) is 71.9 Å². The highest BCUT2D eigenvalue weighted by Crippen LogP contribution is 1.98. The molecule has 0 aliphatic heterocycles. The van der Waals surface area contributed by atoms with E-state index in [1.165, 1.54) is 4.57 Å². The number of carbonyl (C=O) groups excluding carboxylic acids is 1. The molecule has 0 unspecified atom stereocenters. The molecule has 88 valence electrons. The molecule has 0 bridgehead atoms. The standard InChI is InChI=1S/C11H16N2O3/c1-8-7-13(11(16)12-10(8)15)6-4-3-5-9(2)14/h7H,3-6H2,1-2H3,(H,12,15,16). The van der Waals surface area contributed by atoms with Crippen LogP contribution in [-0.4, -0.2) is 15.3 Å². The highest BCUT2D eigenvalue weighted by Gasteiger charge is 2.00. The van der Waals surface area contributed by atoms with Crippen LogP contribution in [0.1, 0.15) is 31.7 Å². The Labute approximate surface area is 93.1 Å². The van der Waals surface area contributed by atoms with Gasteiger partial charge in [0.15, 0.2) is 0 Å². The van der Waals surface area contributed by atoms with Gasteiger partial charge in [0, 0.05) is 24.7 Å². The number of ketones is 1. The van der Waals surface area contributed by atoms with Crippen molar-refractivity contribution in [3.05, 3.63) is 32.6 Å². The van der Waals surface area contributed by atoms with Crippen molar-refractivity contribution in [2.45, 2.75) is 39.7 Å². The molecule has 1 rings (SSSR count). The quantitative estimate of drug-likeness (QED) is 0.744. The molecule has 1 aromatic rings. The lowest BCUT2D eigenvalue weighted by Gasteiger charge is -2.04. The first-order valence-electron chi connectivity index (χ1n) is 5.30. The minimum Gasteiger partial charge on any atom is -0.300 e. The number of hydrogen-bond donors (Lipinski definition) is 1. The molecule has 1 aromatic heterocycles. The fourth-order valence-corrected chi connectivity index (χ4v) is 1.44. The minimum atomic E-state index is -0.390. The summed E-state index contributed by atoms with van der Waals surface area (Å²) in [4.78, 5) is 35.4. The Morgan fingerprint density at radius 2 is 2.06 bits per heavy atom. The monoisotopic (exact) mass is 224 g/mol. The molecule has 0 amide bonds. The van der Waals surface area contributed by atoms with Gasteiger partial charge in [-0.05, 0) is 26.7 Å². The molecule has 0 saturated heterocycles. The first kappa shape index (κ1) is 12.4. The van der Waals surface area contributed by atoms with Crippen molar-refractivity contribution in [2.24, 2.45) is 0 Å². The van der Waals surface area contributed by atoms with Crippen LogP contribution in [0.4, 0.5) is 0 Å². The second-order valence-corrected chi connectivity index (χ2v) is 3.92. The zero-order chi connectivity index (χ0) is 12.1. The Morgan fingerprint density at radius 1 is 1.38 bits per heavy atom. The predicted molar refractivity (Wildman–Crippen MR) is 60.6 cm³/mol. The maximum atomic E-state index is 11.4. The summed E-state index contributed by atoms with van der Waals surface area (Å²) >= 11 is 0. The summed E-state index contributed by atoms with van der Waals surface area (Å²) in [5.41, 5.74) is -0.213. The second kappa shape index (κ2) is 5.44. The predicted octanol–water partition coefficient (Wildman–Crippen LogP) is 0.604. The van der Waals surface area contributed by atoms with Gasteiger partial charge in [-0.3, -0.25) is 9.78 Å². The molecule has 0 fully saturated rings. The molecule has 0 saturated carbocycles.